The Morgan fingerprint density at radius 1 is 0.595 bits per heavy atom. The van der Waals surface area contributed by atoms with E-state index in [1.807, 2.05) is 0 Å². The third-order valence-electron chi connectivity index (χ3n) is 10.6. The summed E-state index contributed by atoms with van der Waals surface area (Å²) in [4.78, 5) is 58.0. The van der Waals surface area contributed by atoms with E-state index in [-0.39, 0.29) is 22.3 Å². The van der Waals surface area contributed by atoms with E-state index in [1.165, 1.54) is 12.1 Å². The van der Waals surface area contributed by atoms with Gasteiger partial charge in [0, 0.05) is 23.0 Å². The number of phenolic OH excluding ortho intramolecular Hbond substituents is 2. The van der Waals surface area contributed by atoms with Crippen molar-refractivity contribution in [2.24, 2.45) is 34.5 Å². The van der Waals surface area contributed by atoms with Gasteiger partial charge >= 0.3 is 0 Å². The number of rotatable bonds is 2. The zero-order chi connectivity index (χ0) is 29.9. The lowest BCUT2D eigenvalue weighted by atomic mass is 9.46. The molecule has 8 atom stereocenters. The normalized spacial score (nSPS) is 36.9. The van der Waals surface area contributed by atoms with Crippen LogP contribution in [-0.4, -0.2) is 76.2 Å². The summed E-state index contributed by atoms with van der Waals surface area (Å²) in [5, 5.41) is 87.4. The van der Waals surface area contributed by atoms with Gasteiger partial charge in [-0.1, -0.05) is 0 Å². The molecule has 4 fully saturated rings. The molecule has 12 heteroatoms. The number of Topliss-reactive ketones (excluding diaryl/α,β-unsaturated/α-hetero) is 4. The van der Waals surface area contributed by atoms with Gasteiger partial charge in [-0.25, -0.2) is 0 Å². The summed E-state index contributed by atoms with van der Waals surface area (Å²) in [5.74, 6) is -13.6. The SMILES string of the molecule is O=C1C2=C(O)c3c(O)cc(CO)cc3C(=O)C23C2C(=O)C4=C(O)c5c(O)cc(CO)cc5C(=O)C45C1C(O)C3C5C2O. The van der Waals surface area contributed by atoms with Crippen LogP contribution in [0.3, 0.4) is 0 Å². The van der Waals surface area contributed by atoms with E-state index in [1.54, 1.807) is 0 Å². The molecule has 0 saturated heterocycles. The maximum atomic E-state index is 14.6. The third kappa shape index (κ3) is 2.19. The fourth-order valence-electron chi connectivity index (χ4n) is 9.53. The number of allylic oxidation sites excluding steroid dienone is 2. The van der Waals surface area contributed by atoms with Crippen LogP contribution in [0.1, 0.15) is 43.0 Å². The molecule has 6 aliphatic carbocycles. The van der Waals surface area contributed by atoms with E-state index in [0.717, 1.165) is 12.1 Å². The predicted octanol–water partition coefficient (Wildman–Crippen LogP) is 0.0654. The molecule has 8 unspecified atom stereocenters. The molecule has 0 radical (unpaired) electrons. The first kappa shape index (κ1) is 25.4. The molecule has 2 aromatic carbocycles. The molecule has 214 valence electrons. The summed E-state index contributed by atoms with van der Waals surface area (Å²) >= 11 is 0. The summed E-state index contributed by atoms with van der Waals surface area (Å²) in [5.41, 5.74) is -7.36. The Bertz CT molecular complexity index is 1720. The standard InChI is InChI=1S/C30H22O12/c31-5-7-1-9-13(11(33)3-7)21(35)17-25(39)20-23(37)15-16-24(38)19(29(15,17)27(9)41)26(40)18-22(36)14-10(28(42)30(16,18)20)2-8(6-32)4-12(14)34/h1-4,15-16,19-20,23-24,31-38H,5-6H2. The van der Waals surface area contributed by atoms with Crippen LogP contribution < -0.4 is 0 Å². The van der Waals surface area contributed by atoms with Gasteiger partial charge in [0.2, 0.25) is 0 Å². The minimum absolute atomic E-state index is 0.0679. The minimum Gasteiger partial charge on any atom is -0.507 e. The quantitative estimate of drug-likeness (QED) is 0.238. The Labute approximate surface area is 235 Å². The van der Waals surface area contributed by atoms with Gasteiger partial charge in [0.15, 0.2) is 23.1 Å². The number of ketones is 4. The molecule has 12 nitrogen and oxygen atoms in total. The smallest absolute Gasteiger partial charge is 0.175 e. The van der Waals surface area contributed by atoms with E-state index in [9.17, 15) is 60.0 Å². The summed E-state index contributed by atoms with van der Waals surface area (Å²) < 4.78 is 0. The van der Waals surface area contributed by atoms with E-state index in [0.29, 0.717) is 0 Å². The van der Waals surface area contributed by atoms with Crippen molar-refractivity contribution in [1.29, 1.82) is 0 Å². The van der Waals surface area contributed by atoms with Crippen molar-refractivity contribution >= 4 is 34.7 Å². The first-order chi connectivity index (χ1) is 19.9. The topological polar surface area (TPSA) is 230 Å². The Morgan fingerprint density at radius 2 is 0.952 bits per heavy atom. The number of fused-ring (bicyclic) bond motifs is 4. The van der Waals surface area contributed by atoms with E-state index >= 15 is 0 Å². The van der Waals surface area contributed by atoms with Gasteiger partial charge in [0.25, 0.3) is 0 Å². The van der Waals surface area contributed by atoms with Crippen LogP contribution in [0.5, 0.6) is 11.5 Å². The van der Waals surface area contributed by atoms with Crippen molar-refractivity contribution in [2.45, 2.75) is 25.4 Å². The Hall–Kier alpha value is -4.36. The zero-order valence-corrected chi connectivity index (χ0v) is 21.4. The number of benzene rings is 2. The van der Waals surface area contributed by atoms with Crippen LogP contribution in [0, 0.1) is 34.5 Å². The lowest BCUT2D eigenvalue weighted by Gasteiger charge is -2.53. The molecule has 42 heavy (non-hydrogen) atoms. The average molecular weight is 574 g/mol. The fraction of sp³-hybridized carbons (Fsp3) is 0.333. The van der Waals surface area contributed by atoms with Crippen LogP contribution in [0.25, 0.3) is 11.5 Å². The number of aliphatic hydroxyl groups excluding tert-OH is 6. The third-order valence-corrected chi connectivity index (χ3v) is 10.6. The van der Waals surface area contributed by atoms with Crippen molar-refractivity contribution in [1.82, 2.24) is 0 Å². The Morgan fingerprint density at radius 3 is 1.29 bits per heavy atom. The second-order valence-electron chi connectivity index (χ2n) is 12.0. The fourth-order valence-corrected chi connectivity index (χ4v) is 9.53. The first-order valence-electron chi connectivity index (χ1n) is 13.3. The summed E-state index contributed by atoms with van der Waals surface area (Å²) in [6.45, 7) is -1.23. The highest BCUT2D eigenvalue weighted by Gasteiger charge is 2.89. The molecule has 4 saturated carbocycles. The molecule has 2 aromatic rings. The van der Waals surface area contributed by atoms with Crippen molar-refractivity contribution in [2.75, 3.05) is 0 Å². The predicted molar refractivity (Wildman–Crippen MR) is 137 cm³/mol. The molecule has 8 rings (SSSR count). The van der Waals surface area contributed by atoms with Crippen molar-refractivity contribution < 1.29 is 60.0 Å². The van der Waals surface area contributed by atoms with Gasteiger partial charge in [0.1, 0.15) is 23.0 Å². The molecule has 8 N–H and O–H groups in total. The minimum atomic E-state index is -2.37. The van der Waals surface area contributed by atoms with Crippen molar-refractivity contribution in [3.05, 3.63) is 68.8 Å². The highest BCUT2D eigenvalue weighted by molar-refractivity contribution is 6.30. The monoisotopic (exact) mass is 574 g/mol. The molecule has 0 aromatic heterocycles. The molecule has 0 heterocycles. The maximum Gasteiger partial charge on any atom is 0.175 e. The van der Waals surface area contributed by atoms with Gasteiger partial charge in [-0.2, -0.15) is 0 Å². The number of phenols is 2. The summed E-state index contributed by atoms with van der Waals surface area (Å²) in [6.07, 6.45) is -3.57. The number of hydrogen-bond acceptors (Lipinski definition) is 12. The van der Waals surface area contributed by atoms with E-state index in [2.05, 4.69) is 0 Å². The lowest BCUT2D eigenvalue weighted by Crippen LogP contribution is -2.65. The first-order valence-corrected chi connectivity index (χ1v) is 13.3. The van der Waals surface area contributed by atoms with Crippen LogP contribution in [0.15, 0.2) is 35.4 Å². The summed E-state index contributed by atoms with van der Waals surface area (Å²) in [7, 11) is 0. The second-order valence-corrected chi connectivity index (χ2v) is 12.0. The van der Waals surface area contributed by atoms with Crippen LogP contribution in [0.4, 0.5) is 0 Å². The van der Waals surface area contributed by atoms with Gasteiger partial charge in [-0.3, -0.25) is 19.2 Å². The number of aliphatic hydroxyl groups is 6. The largest absolute Gasteiger partial charge is 0.507 e. The molecule has 0 amide bonds. The number of carbonyl (C=O) groups is 4. The van der Waals surface area contributed by atoms with Crippen molar-refractivity contribution in [3.63, 3.8) is 0 Å². The van der Waals surface area contributed by atoms with Crippen LogP contribution in [-0.2, 0) is 22.8 Å². The molecule has 6 aliphatic rings. The van der Waals surface area contributed by atoms with Crippen LogP contribution in [0.2, 0.25) is 0 Å². The molecular formula is C30H22O12. The lowest BCUT2D eigenvalue weighted by molar-refractivity contribution is -0.142. The molecule has 4 bridgehead atoms. The Balaban J connectivity index is 1.52. The number of carbonyl (C=O) groups excluding carboxylic acids is 4. The van der Waals surface area contributed by atoms with Crippen molar-refractivity contribution in [3.8, 4) is 11.5 Å². The summed E-state index contributed by atoms with van der Waals surface area (Å²) in [6, 6.07) is 4.52. The van der Waals surface area contributed by atoms with Gasteiger partial charge in [-0.15, -0.1) is 0 Å². The molecule has 2 spiro atoms. The van der Waals surface area contributed by atoms with E-state index in [4.69, 9.17) is 0 Å². The highest BCUT2D eigenvalue weighted by atomic mass is 16.3. The van der Waals surface area contributed by atoms with Gasteiger partial charge in [-0.05, 0) is 35.4 Å². The second kappa shape index (κ2) is 7.34. The average Bonchev–Trinajstić information content (AvgIpc) is 3.31. The number of hydrogen-bond donors (Lipinski definition) is 8. The highest BCUT2D eigenvalue weighted by Crippen LogP contribution is 2.80. The zero-order valence-electron chi connectivity index (χ0n) is 21.4. The van der Waals surface area contributed by atoms with Crippen LogP contribution >= 0.6 is 0 Å². The molecular weight excluding hydrogens is 552 g/mol. The van der Waals surface area contributed by atoms with E-state index < -0.39 is 128 Å². The van der Waals surface area contributed by atoms with Gasteiger partial charge in [0.05, 0.1) is 70.4 Å². The number of aromatic hydroxyl groups is 2. The maximum absolute atomic E-state index is 14.6. The van der Waals surface area contributed by atoms with Gasteiger partial charge < -0.3 is 40.9 Å². The molecule has 0 aliphatic heterocycles. The Kier molecular flexibility index (Phi) is 4.43.